The van der Waals surface area contributed by atoms with Crippen molar-refractivity contribution < 1.29 is 0 Å². The number of hydrogen-bond donors (Lipinski definition) is 0. The van der Waals surface area contributed by atoms with E-state index in [0.29, 0.717) is 5.25 Å². The van der Waals surface area contributed by atoms with Crippen LogP contribution in [-0.4, -0.2) is 5.25 Å². The van der Waals surface area contributed by atoms with Gasteiger partial charge in [0, 0.05) is 10.1 Å². The van der Waals surface area contributed by atoms with Gasteiger partial charge in [-0.05, 0) is 18.6 Å². The van der Waals surface area contributed by atoms with Crippen LogP contribution in [0.15, 0.2) is 29.2 Å². The first-order valence-electron chi connectivity index (χ1n) is 4.32. The van der Waals surface area contributed by atoms with Crippen LogP contribution in [0.4, 0.5) is 0 Å². The molecule has 0 radical (unpaired) electrons. The number of benzene rings is 1. The molecule has 0 aromatic heterocycles. The Hall–Kier alpha value is 0.210. The zero-order valence-corrected chi connectivity index (χ0v) is 10.2. The zero-order chi connectivity index (χ0) is 9.68. The molecule has 72 valence electrons. The molecule has 0 nitrogen and oxygen atoms in total. The molecule has 0 aliphatic carbocycles. The van der Waals surface area contributed by atoms with Crippen LogP contribution in [-0.2, 0) is 0 Å². The topological polar surface area (TPSA) is 0 Å². The van der Waals surface area contributed by atoms with E-state index in [1.165, 1.54) is 6.42 Å². The number of hydrogen-bond acceptors (Lipinski definition) is 2. The van der Waals surface area contributed by atoms with Gasteiger partial charge in [-0.25, -0.2) is 0 Å². The molecule has 1 rings (SSSR count). The first-order chi connectivity index (χ1) is 6.24. The molecule has 0 amide bonds. The minimum Gasteiger partial charge on any atom is -0.0858 e. The van der Waals surface area contributed by atoms with Crippen LogP contribution in [0.5, 0.6) is 0 Å². The van der Waals surface area contributed by atoms with Crippen molar-refractivity contribution in [3.63, 3.8) is 0 Å². The molecule has 0 spiro atoms. The summed E-state index contributed by atoms with van der Waals surface area (Å²) >= 11 is 6.02. The molecule has 1 atom stereocenters. The van der Waals surface area contributed by atoms with Crippen LogP contribution >= 0.6 is 33.2 Å². The molecule has 1 aromatic carbocycles. The van der Waals surface area contributed by atoms with Gasteiger partial charge in [0.2, 0.25) is 0 Å². The fourth-order valence-corrected chi connectivity index (χ4v) is 3.44. The maximum absolute atomic E-state index is 6.02. The molecule has 0 bridgehead atoms. The SMILES string of the molecule is CCC(C)SSc1ccccc1Cl. The molecule has 0 N–H and O–H groups in total. The van der Waals surface area contributed by atoms with Gasteiger partial charge in [-0.1, -0.05) is 59.2 Å². The highest BCUT2D eigenvalue weighted by molar-refractivity contribution is 8.77. The zero-order valence-electron chi connectivity index (χ0n) is 7.79. The van der Waals surface area contributed by atoms with Gasteiger partial charge < -0.3 is 0 Å². The van der Waals surface area contributed by atoms with Crippen LogP contribution in [0, 0.1) is 0 Å². The molecule has 0 heterocycles. The second kappa shape index (κ2) is 5.84. The average molecular weight is 233 g/mol. The van der Waals surface area contributed by atoms with Crippen molar-refractivity contribution in [1.29, 1.82) is 0 Å². The monoisotopic (exact) mass is 232 g/mol. The second-order valence-electron chi connectivity index (χ2n) is 2.83. The predicted octanol–water partition coefficient (Wildman–Crippen LogP) is 4.88. The third kappa shape index (κ3) is 3.84. The largest absolute Gasteiger partial charge is 0.0858 e. The van der Waals surface area contributed by atoms with Crippen molar-refractivity contribution in [2.75, 3.05) is 0 Å². The highest BCUT2D eigenvalue weighted by Crippen LogP contribution is 2.38. The lowest BCUT2D eigenvalue weighted by atomic mass is 10.4. The summed E-state index contributed by atoms with van der Waals surface area (Å²) in [5, 5.41) is 1.53. The lowest BCUT2D eigenvalue weighted by Crippen LogP contribution is -1.88. The summed E-state index contributed by atoms with van der Waals surface area (Å²) in [5.74, 6) is 0. The molecule has 0 aliphatic heterocycles. The van der Waals surface area contributed by atoms with Crippen LogP contribution in [0.25, 0.3) is 0 Å². The van der Waals surface area contributed by atoms with Gasteiger partial charge in [0.25, 0.3) is 0 Å². The Labute approximate surface area is 92.8 Å². The van der Waals surface area contributed by atoms with Crippen molar-refractivity contribution in [2.45, 2.75) is 30.4 Å². The van der Waals surface area contributed by atoms with Gasteiger partial charge >= 0.3 is 0 Å². The average Bonchev–Trinajstić information content (AvgIpc) is 2.16. The summed E-state index contributed by atoms with van der Waals surface area (Å²) in [6, 6.07) is 7.97. The van der Waals surface area contributed by atoms with Crippen molar-refractivity contribution in [1.82, 2.24) is 0 Å². The molecule has 0 aliphatic rings. The van der Waals surface area contributed by atoms with Crippen LogP contribution < -0.4 is 0 Å². The van der Waals surface area contributed by atoms with Crippen molar-refractivity contribution in [3.05, 3.63) is 29.3 Å². The van der Waals surface area contributed by atoms with Gasteiger partial charge in [0.15, 0.2) is 0 Å². The predicted molar refractivity (Wildman–Crippen MR) is 64.7 cm³/mol. The highest BCUT2D eigenvalue weighted by atomic mass is 35.5. The van der Waals surface area contributed by atoms with E-state index < -0.39 is 0 Å². The molecule has 0 fully saturated rings. The molecular weight excluding hydrogens is 220 g/mol. The lowest BCUT2D eigenvalue weighted by Gasteiger charge is -2.07. The van der Waals surface area contributed by atoms with E-state index in [1.807, 2.05) is 29.0 Å². The minimum absolute atomic E-state index is 0.682. The van der Waals surface area contributed by atoms with Crippen molar-refractivity contribution in [3.8, 4) is 0 Å². The van der Waals surface area contributed by atoms with E-state index >= 15 is 0 Å². The third-order valence-corrected chi connectivity index (χ3v) is 5.26. The maximum Gasteiger partial charge on any atom is 0.0550 e. The minimum atomic E-state index is 0.682. The molecular formula is C10H13ClS2. The van der Waals surface area contributed by atoms with Gasteiger partial charge in [-0.15, -0.1) is 0 Å². The van der Waals surface area contributed by atoms with E-state index in [9.17, 15) is 0 Å². The van der Waals surface area contributed by atoms with Crippen LogP contribution in [0.3, 0.4) is 0 Å². The fraction of sp³-hybridized carbons (Fsp3) is 0.400. The van der Waals surface area contributed by atoms with Crippen molar-refractivity contribution in [2.24, 2.45) is 0 Å². The summed E-state index contributed by atoms with van der Waals surface area (Å²) in [4.78, 5) is 1.16. The summed E-state index contributed by atoms with van der Waals surface area (Å²) in [6.45, 7) is 4.43. The number of halogens is 1. The third-order valence-electron chi connectivity index (χ3n) is 1.71. The molecule has 3 heteroatoms. The van der Waals surface area contributed by atoms with E-state index in [4.69, 9.17) is 11.6 Å². The highest BCUT2D eigenvalue weighted by Gasteiger charge is 2.03. The molecule has 0 saturated heterocycles. The second-order valence-corrected chi connectivity index (χ2v) is 5.92. The Balaban J connectivity index is 2.50. The number of rotatable bonds is 4. The van der Waals surface area contributed by atoms with E-state index in [0.717, 1.165) is 9.92 Å². The Bertz CT molecular complexity index is 263. The first-order valence-corrected chi connectivity index (χ1v) is 6.91. The summed E-state index contributed by atoms with van der Waals surface area (Å²) in [5.41, 5.74) is 0. The Morgan fingerprint density at radius 3 is 2.69 bits per heavy atom. The van der Waals surface area contributed by atoms with Crippen LogP contribution in [0.2, 0.25) is 5.02 Å². The van der Waals surface area contributed by atoms with Crippen molar-refractivity contribution >= 4 is 33.2 Å². The van der Waals surface area contributed by atoms with E-state index in [1.54, 1.807) is 10.8 Å². The van der Waals surface area contributed by atoms with Crippen LogP contribution in [0.1, 0.15) is 20.3 Å². The first kappa shape index (κ1) is 11.3. The van der Waals surface area contributed by atoms with E-state index in [2.05, 4.69) is 19.9 Å². The molecule has 0 saturated carbocycles. The fourth-order valence-electron chi connectivity index (χ4n) is 0.714. The Morgan fingerprint density at radius 2 is 2.08 bits per heavy atom. The summed E-state index contributed by atoms with van der Waals surface area (Å²) in [6.07, 6.45) is 1.20. The van der Waals surface area contributed by atoms with Gasteiger partial charge in [0.1, 0.15) is 0 Å². The normalized spacial score (nSPS) is 12.8. The van der Waals surface area contributed by atoms with Gasteiger partial charge in [-0.3, -0.25) is 0 Å². The standard InChI is InChI=1S/C10H13ClS2/c1-3-8(2)12-13-10-7-5-4-6-9(10)11/h4-8H,3H2,1-2H3. The lowest BCUT2D eigenvalue weighted by molar-refractivity contribution is 0.912. The quantitative estimate of drug-likeness (QED) is 0.679. The summed E-state index contributed by atoms with van der Waals surface area (Å²) in [7, 11) is 3.64. The Kier molecular flexibility index (Phi) is 5.07. The van der Waals surface area contributed by atoms with Gasteiger partial charge in [0.05, 0.1) is 5.02 Å². The Morgan fingerprint density at radius 1 is 1.38 bits per heavy atom. The summed E-state index contributed by atoms with van der Waals surface area (Å²) < 4.78 is 0. The molecule has 13 heavy (non-hydrogen) atoms. The smallest absolute Gasteiger partial charge is 0.0550 e. The maximum atomic E-state index is 6.02. The molecule has 1 unspecified atom stereocenters. The van der Waals surface area contributed by atoms with Gasteiger partial charge in [-0.2, -0.15) is 0 Å². The van der Waals surface area contributed by atoms with E-state index in [-0.39, 0.29) is 0 Å². The molecule has 1 aromatic rings.